The van der Waals surface area contributed by atoms with Crippen LogP contribution >= 0.6 is 11.6 Å². The van der Waals surface area contributed by atoms with Gasteiger partial charge in [-0.2, -0.15) is 0 Å². The number of amides is 5. The topological polar surface area (TPSA) is 182 Å². The summed E-state index contributed by atoms with van der Waals surface area (Å²) in [5.41, 5.74) is 6.81. The van der Waals surface area contributed by atoms with Gasteiger partial charge in [-0.15, -0.1) is 11.6 Å². The first kappa shape index (κ1) is 37.1. The lowest BCUT2D eigenvalue weighted by Gasteiger charge is -2.18. The number of nitrogens with two attached hydrogens (primary N) is 1. The Morgan fingerprint density at radius 1 is 0.800 bits per heavy atom. The predicted octanol–water partition coefficient (Wildman–Crippen LogP) is 3.64. The molecule has 17 heteroatoms. The van der Waals surface area contributed by atoms with Crippen LogP contribution in [0.1, 0.15) is 12.0 Å². The molecule has 0 aliphatic carbocycles. The van der Waals surface area contributed by atoms with E-state index in [0.29, 0.717) is 27.6 Å². The SMILES string of the molecule is CN(CCC(N)=O)C(=O)n1ccc(N(C)C(=O)n2ccc(N(C)C(=O)n3ccc(NC(=O)C(=O)/C=C/c4ccc(S(=O)CCCl)cc4)c3)c2)c1. The number of hydrogen-bond acceptors (Lipinski definition) is 7. The monoisotopic (exact) mass is 722 g/mol. The zero-order valence-corrected chi connectivity index (χ0v) is 29.0. The molecule has 4 aromatic rings. The van der Waals surface area contributed by atoms with E-state index >= 15 is 0 Å². The van der Waals surface area contributed by atoms with E-state index in [0.717, 1.165) is 6.08 Å². The number of ketones is 1. The average Bonchev–Trinajstić information content (AvgIpc) is 3.90. The summed E-state index contributed by atoms with van der Waals surface area (Å²) in [7, 11) is 3.35. The van der Waals surface area contributed by atoms with Gasteiger partial charge in [0.1, 0.15) is 0 Å². The molecule has 0 saturated carbocycles. The van der Waals surface area contributed by atoms with Gasteiger partial charge in [0, 0.05) is 87.8 Å². The highest BCUT2D eigenvalue weighted by atomic mass is 35.5. The van der Waals surface area contributed by atoms with Gasteiger partial charge in [-0.3, -0.25) is 42.1 Å². The van der Waals surface area contributed by atoms with Crippen molar-refractivity contribution < 1.29 is 33.0 Å². The lowest BCUT2D eigenvalue weighted by Crippen LogP contribution is -2.33. The minimum atomic E-state index is -1.21. The average molecular weight is 723 g/mol. The van der Waals surface area contributed by atoms with Gasteiger partial charge in [0.25, 0.3) is 5.91 Å². The molecule has 50 heavy (non-hydrogen) atoms. The van der Waals surface area contributed by atoms with Gasteiger partial charge in [0.15, 0.2) is 0 Å². The molecule has 3 N–H and O–H groups in total. The summed E-state index contributed by atoms with van der Waals surface area (Å²) >= 11 is 5.64. The lowest BCUT2D eigenvalue weighted by atomic mass is 10.2. The number of anilines is 3. The number of nitrogens with zero attached hydrogens (tertiary/aromatic N) is 6. The predicted molar refractivity (Wildman–Crippen MR) is 190 cm³/mol. The molecule has 0 aliphatic heterocycles. The van der Waals surface area contributed by atoms with Crippen LogP contribution in [-0.2, 0) is 25.2 Å². The van der Waals surface area contributed by atoms with E-state index in [2.05, 4.69) is 5.32 Å². The molecule has 1 unspecified atom stereocenters. The second kappa shape index (κ2) is 16.6. The van der Waals surface area contributed by atoms with E-state index in [1.165, 1.54) is 98.9 Å². The Bertz CT molecular complexity index is 1960. The van der Waals surface area contributed by atoms with E-state index in [1.807, 2.05) is 0 Å². The summed E-state index contributed by atoms with van der Waals surface area (Å²) in [6.07, 6.45) is 11.3. The maximum absolute atomic E-state index is 13.2. The number of halogens is 1. The van der Waals surface area contributed by atoms with Crippen molar-refractivity contribution in [2.24, 2.45) is 5.73 Å². The van der Waals surface area contributed by atoms with Crippen LogP contribution in [0.4, 0.5) is 31.4 Å². The second-order valence-corrected chi connectivity index (χ2v) is 12.9. The van der Waals surface area contributed by atoms with Gasteiger partial charge in [-0.25, -0.2) is 14.4 Å². The molecule has 1 aromatic carbocycles. The number of carbonyl (C=O) groups is 6. The molecular formula is C33H35ClN8O7S. The Morgan fingerprint density at radius 3 is 1.90 bits per heavy atom. The van der Waals surface area contributed by atoms with Crippen molar-refractivity contribution in [3.8, 4) is 0 Å². The number of benzene rings is 1. The number of rotatable bonds is 12. The largest absolute Gasteiger partial charge is 0.370 e. The Kier molecular flexibility index (Phi) is 12.3. The van der Waals surface area contributed by atoms with Gasteiger partial charge >= 0.3 is 18.1 Å². The van der Waals surface area contributed by atoms with Crippen LogP contribution in [0.15, 0.2) is 90.6 Å². The first-order valence-electron chi connectivity index (χ1n) is 15.0. The van der Waals surface area contributed by atoms with E-state index in [-0.39, 0.29) is 24.5 Å². The van der Waals surface area contributed by atoms with Crippen LogP contribution in [0.25, 0.3) is 6.08 Å². The van der Waals surface area contributed by atoms with Crippen LogP contribution in [0.3, 0.4) is 0 Å². The van der Waals surface area contributed by atoms with Crippen molar-refractivity contribution >= 4 is 81.2 Å². The van der Waals surface area contributed by atoms with Crippen LogP contribution < -0.4 is 20.9 Å². The van der Waals surface area contributed by atoms with Gasteiger partial charge in [0.05, 0.1) is 27.9 Å². The third-order valence-electron chi connectivity index (χ3n) is 7.39. The van der Waals surface area contributed by atoms with Gasteiger partial charge in [-0.1, -0.05) is 18.2 Å². The van der Waals surface area contributed by atoms with Crippen molar-refractivity contribution in [2.45, 2.75) is 11.3 Å². The highest BCUT2D eigenvalue weighted by Crippen LogP contribution is 2.20. The molecule has 5 amide bonds. The first-order valence-corrected chi connectivity index (χ1v) is 16.9. The van der Waals surface area contributed by atoms with Crippen molar-refractivity contribution in [3.05, 3.63) is 91.3 Å². The smallest absolute Gasteiger partial charge is 0.332 e. The number of primary amides is 1. The summed E-state index contributed by atoms with van der Waals surface area (Å²) < 4.78 is 15.8. The van der Waals surface area contributed by atoms with E-state index in [9.17, 15) is 33.0 Å². The van der Waals surface area contributed by atoms with Crippen molar-refractivity contribution in [1.82, 2.24) is 18.6 Å². The van der Waals surface area contributed by atoms with Crippen molar-refractivity contribution in [2.75, 3.05) is 54.4 Å². The quantitative estimate of drug-likeness (QED) is 0.127. The van der Waals surface area contributed by atoms with Gasteiger partial charge in [0.2, 0.25) is 11.7 Å². The normalized spacial score (nSPS) is 11.6. The minimum absolute atomic E-state index is 0.0169. The highest BCUT2D eigenvalue weighted by Gasteiger charge is 2.21. The molecule has 262 valence electrons. The zero-order valence-electron chi connectivity index (χ0n) is 27.4. The fourth-order valence-electron chi connectivity index (χ4n) is 4.49. The molecule has 0 aliphatic rings. The molecule has 0 spiro atoms. The van der Waals surface area contributed by atoms with Crippen LogP contribution in [0.5, 0.6) is 0 Å². The fourth-order valence-corrected chi connectivity index (χ4v) is 5.73. The Morgan fingerprint density at radius 2 is 1.34 bits per heavy atom. The van der Waals surface area contributed by atoms with Gasteiger partial charge in [-0.05, 0) is 42.0 Å². The maximum atomic E-state index is 13.2. The molecule has 0 radical (unpaired) electrons. The van der Waals surface area contributed by atoms with Crippen molar-refractivity contribution in [3.63, 3.8) is 0 Å². The highest BCUT2D eigenvalue weighted by molar-refractivity contribution is 7.85. The number of aromatic nitrogens is 3. The molecule has 1 atom stereocenters. The number of nitrogens with one attached hydrogen (secondary N) is 1. The molecule has 15 nitrogen and oxygen atoms in total. The molecule has 0 saturated heterocycles. The molecule has 3 aromatic heterocycles. The third kappa shape index (κ3) is 9.24. The standard InChI is InChI=1S/C33H35ClN8O7S/c1-37(15-13-29(35)44)31(46)41-17-11-25(21-41)39(3)33(48)42-18-12-26(22-42)38(2)32(47)40-16-10-24(20-40)36-30(45)28(43)9-6-23-4-7-27(8-5-23)50(49)19-14-34/h4-12,16-18,20-22H,13-15,19H2,1-3H3,(H2,35,44)(H,36,45)/b9-6+. The number of alkyl halides is 1. The lowest BCUT2D eigenvalue weighted by molar-refractivity contribution is -0.131. The molecule has 0 fully saturated rings. The number of hydrogen-bond donors (Lipinski definition) is 2. The maximum Gasteiger partial charge on any atom is 0.332 e. The molecule has 4 rings (SSSR count). The van der Waals surface area contributed by atoms with E-state index in [4.69, 9.17) is 17.3 Å². The van der Waals surface area contributed by atoms with Gasteiger partial charge < -0.3 is 16.0 Å². The molecule has 3 heterocycles. The Balaban J connectivity index is 1.33. The zero-order chi connectivity index (χ0) is 36.5. The molecular weight excluding hydrogens is 688 g/mol. The fraction of sp³-hybridized carbons (Fsp3) is 0.212. The first-order chi connectivity index (χ1) is 23.8. The van der Waals surface area contributed by atoms with Crippen LogP contribution in [-0.4, -0.2) is 97.8 Å². The summed E-state index contributed by atoms with van der Waals surface area (Å²) in [5.74, 6) is -1.65. The van der Waals surface area contributed by atoms with E-state index < -0.39 is 46.5 Å². The second-order valence-electron chi connectivity index (χ2n) is 10.9. The Hall–Kier alpha value is -5.74. The van der Waals surface area contributed by atoms with E-state index in [1.54, 1.807) is 36.4 Å². The summed E-state index contributed by atoms with van der Waals surface area (Å²) in [4.78, 5) is 79.5. The van der Waals surface area contributed by atoms with Crippen LogP contribution in [0, 0.1) is 0 Å². The summed E-state index contributed by atoms with van der Waals surface area (Å²) in [6.45, 7) is 0.143. The molecule has 0 bridgehead atoms. The summed E-state index contributed by atoms with van der Waals surface area (Å²) in [5, 5.41) is 2.46. The summed E-state index contributed by atoms with van der Waals surface area (Å²) in [6, 6.07) is 9.89. The third-order valence-corrected chi connectivity index (χ3v) is 9.18. The van der Waals surface area contributed by atoms with Crippen LogP contribution in [0.2, 0.25) is 0 Å². The Labute approximate surface area is 294 Å². The minimum Gasteiger partial charge on any atom is -0.370 e. The van der Waals surface area contributed by atoms with Crippen molar-refractivity contribution in [1.29, 1.82) is 0 Å². The number of carbonyl (C=O) groups excluding carboxylic acids is 6.